The third kappa shape index (κ3) is 3.78. The van der Waals surface area contributed by atoms with Gasteiger partial charge in [0.2, 0.25) is 0 Å². The first-order chi connectivity index (χ1) is 9.06. The summed E-state index contributed by atoms with van der Waals surface area (Å²) >= 11 is 3.30. The average Bonchev–Trinajstić information content (AvgIpc) is 2.38. The number of ether oxygens (including phenoxy) is 1. The molecule has 0 spiro atoms. The normalized spacial score (nSPS) is 12.2. The highest BCUT2D eigenvalue weighted by Gasteiger charge is 2.05. The predicted molar refractivity (Wildman–Crippen MR) is 75.5 cm³/mol. The molecule has 1 atom stereocenters. The second-order valence-corrected chi connectivity index (χ2v) is 5.13. The number of aliphatic hydroxyl groups is 1. The van der Waals surface area contributed by atoms with E-state index < -0.39 is 6.10 Å². The van der Waals surface area contributed by atoms with Gasteiger partial charge in [-0.3, -0.25) is 0 Å². The molecule has 2 rings (SSSR count). The minimum Gasteiger partial charge on any atom is -0.489 e. The maximum atomic E-state index is 13.0. The summed E-state index contributed by atoms with van der Waals surface area (Å²) in [5.74, 6) is 0.390. The summed E-state index contributed by atoms with van der Waals surface area (Å²) in [6.07, 6.45) is -0.527. The van der Waals surface area contributed by atoms with Gasteiger partial charge in [0.1, 0.15) is 18.2 Å². The Morgan fingerprint density at radius 2 is 2.05 bits per heavy atom. The molecular formula is C15H14BrFO2. The average molecular weight is 325 g/mol. The fourth-order valence-electron chi connectivity index (χ4n) is 1.66. The molecule has 2 aromatic carbocycles. The predicted octanol–water partition coefficient (Wildman–Crippen LogP) is 4.22. The molecule has 2 aromatic rings. The van der Waals surface area contributed by atoms with E-state index in [1.807, 2.05) is 18.2 Å². The van der Waals surface area contributed by atoms with Gasteiger partial charge in [-0.25, -0.2) is 4.39 Å². The molecule has 0 aliphatic carbocycles. The zero-order valence-corrected chi connectivity index (χ0v) is 12.0. The zero-order chi connectivity index (χ0) is 13.8. The molecule has 0 unspecified atom stereocenters. The lowest BCUT2D eigenvalue weighted by Crippen LogP contribution is -1.98. The molecule has 0 bridgehead atoms. The summed E-state index contributed by atoms with van der Waals surface area (Å²) in [6.45, 7) is 2.04. The highest BCUT2D eigenvalue weighted by Crippen LogP contribution is 2.22. The van der Waals surface area contributed by atoms with Gasteiger partial charge in [-0.15, -0.1) is 0 Å². The standard InChI is InChI=1S/C15H14BrFO2/c1-10(18)11-3-2-4-14(7-11)19-9-12-5-6-13(17)8-15(12)16/h2-8,10,18H,9H2,1H3/t10-/m1/s1. The molecule has 0 fully saturated rings. The SMILES string of the molecule is C[C@@H](O)c1cccc(OCc2ccc(F)cc2Br)c1. The van der Waals surface area contributed by atoms with Crippen molar-refractivity contribution >= 4 is 15.9 Å². The number of hydrogen-bond donors (Lipinski definition) is 1. The second kappa shape index (κ2) is 6.17. The lowest BCUT2D eigenvalue weighted by molar-refractivity contribution is 0.198. The van der Waals surface area contributed by atoms with Gasteiger partial charge < -0.3 is 9.84 Å². The van der Waals surface area contributed by atoms with Crippen LogP contribution in [0.2, 0.25) is 0 Å². The van der Waals surface area contributed by atoms with Gasteiger partial charge in [0.05, 0.1) is 6.10 Å². The Bertz CT molecular complexity index is 570. The summed E-state index contributed by atoms with van der Waals surface area (Å²) in [5.41, 5.74) is 1.67. The molecule has 19 heavy (non-hydrogen) atoms. The molecule has 100 valence electrons. The van der Waals surface area contributed by atoms with Gasteiger partial charge in [-0.1, -0.05) is 34.1 Å². The molecule has 1 N–H and O–H groups in total. The Morgan fingerprint density at radius 1 is 1.26 bits per heavy atom. The Hall–Kier alpha value is -1.39. The van der Waals surface area contributed by atoms with Crippen LogP contribution >= 0.6 is 15.9 Å². The molecule has 0 radical (unpaired) electrons. The lowest BCUT2D eigenvalue weighted by atomic mass is 10.1. The summed E-state index contributed by atoms with van der Waals surface area (Å²) < 4.78 is 19.3. The Kier molecular flexibility index (Phi) is 4.56. The molecule has 0 aromatic heterocycles. The number of hydrogen-bond acceptors (Lipinski definition) is 2. The van der Waals surface area contributed by atoms with Gasteiger partial charge in [0.25, 0.3) is 0 Å². The van der Waals surface area contributed by atoms with E-state index in [-0.39, 0.29) is 5.82 Å². The van der Waals surface area contributed by atoms with Crippen LogP contribution in [0.5, 0.6) is 5.75 Å². The zero-order valence-electron chi connectivity index (χ0n) is 10.4. The molecule has 0 saturated carbocycles. The minimum absolute atomic E-state index is 0.285. The molecule has 0 aliphatic rings. The maximum Gasteiger partial charge on any atom is 0.124 e. The highest BCUT2D eigenvalue weighted by molar-refractivity contribution is 9.10. The number of rotatable bonds is 4. The summed E-state index contributed by atoms with van der Waals surface area (Å²) in [5, 5.41) is 9.50. The summed E-state index contributed by atoms with van der Waals surface area (Å²) in [7, 11) is 0. The number of benzene rings is 2. The molecule has 0 saturated heterocycles. The minimum atomic E-state index is -0.527. The molecule has 0 amide bonds. The lowest BCUT2D eigenvalue weighted by Gasteiger charge is -2.10. The van der Waals surface area contributed by atoms with E-state index in [0.717, 1.165) is 11.1 Å². The summed E-state index contributed by atoms with van der Waals surface area (Å²) in [6, 6.07) is 11.8. The fraction of sp³-hybridized carbons (Fsp3) is 0.200. The van der Waals surface area contributed by atoms with Crippen molar-refractivity contribution in [2.75, 3.05) is 0 Å². The van der Waals surface area contributed by atoms with Crippen LogP contribution in [0.1, 0.15) is 24.2 Å². The van der Waals surface area contributed by atoms with E-state index in [2.05, 4.69) is 15.9 Å². The van der Waals surface area contributed by atoms with Gasteiger partial charge in [-0.05, 0) is 36.8 Å². The highest BCUT2D eigenvalue weighted by atomic mass is 79.9. The van der Waals surface area contributed by atoms with E-state index in [9.17, 15) is 9.50 Å². The van der Waals surface area contributed by atoms with Gasteiger partial charge in [0, 0.05) is 10.0 Å². The first-order valence-electron chi connectivity index (χ1n) is 5.91. The van der Waals surface area contributed by atoms with E-state index in [0.29, 0.717) is 16.8 Å². The fourth-order valence-corrected chi connectivity index (χ4v) is 2.13. The Labute approximate surface area is 120 Å². The second-order valence-electron chi connectivity index (χ2n) is 4.27. The van der Waals surface area contributed by atoms with Crippen molar-refractivity contribution in [1.82, 2.24) is 0 Å². The molecular weight excluding hydrogens is 311 g/mol. The third-order valence-corrected chi connectivity index (χ3v) is 3.49. The molecule has 4 heteroatoms. The van der Waals surface area contributed by atoms with Crippen molar-refractivity contribution in [3.8, 4) is 5.75 Å². The summed E-state index contributed by atoms with van der Waals surface area (Å²) in [4.78, 5) is 0. The topological polar surface area (TPSA) is 29.5 Å². The van der Waals surface area contributed by atoms with Gasteiger partial charge >= 0.3 is 0 Å². The first kappa shape index (κ1) is 14.0. The van der Waals surface area contributed by atoms with E-state index in [1.165, 1.54) is 12.1 Å². The third-order valence-electron chi connectivity index (χ3n) is 2.75. The molecule has 0 aliphatic heterocycles. The van der Waals surface area contributed by atoms with Crippen LogP contribution in [0.25, 0.3) is 0 Å². The Morgan fingerprint density at radius 3 is 2.74 bits per heavy atom. The Balaban J connectivity index is 2.08. The smallest absolute Gasteiger partial charge is 0.124 e. The van der Waals surface area contributed by atoms with Crippen molar-refractivity contribution in [2.24, 2.45) is 0 Å². The van der Waals surface area contributed by atoms with E-state index in [1.54, 1.807) is 19.1 Å². The van der Waals surface area contributed by atoms with Gasteiger partial charge in [-0.2, -0.15) is 0 Å². The monoisotopic (exact) mass is 324 g/mol. The number of halogens is 2. The van der Waals surface area contributed by atoms with Crippen LogP contribution < -0.4 is 4.74 Å². The van der Waals surface area contributed by atoms with Crippen LogP contribution in [-0.4, -0.2) is 5.11 Å². The largest absolute Gasteiger partial charge is 0.489 e. The molecule has 2 nitrogen and oxygen atoms in total. The van der Waals surface area contributed by atoms with Gasteiger partial charge in [0.15, 0.2) is 0 Å². The van der Waals surface area contributed by atoms with Crippen molar-refractivity contribution in [2.45, 2.75) is 19.6 Å². The maximum absolute atomic E-state index is 13.0. The molecule has 0 heterocycles. The quantitative estimate of drug-likeness (QED) is 0.912. The van der Waals surface area contributed by atoms with Crippen molar-refractivity contribution in [1.29, 1.82) is 0 Å². The van der Waals surface area contributed by atoms with Crippen LogP contribution in [0.3, 0.4) is 0 Å². The van der Waals surface area contributed by atoms with Crippen LogP contribution in [0.15, 0.2) is 46.9 Å². The van der Waals surface area contributed by atoms with Crippen molar-refractivity contribution in [3.63, 3.8) is 0 Å². The van der Waals surface area contributed by atoms with Crippen LogP contribution in [0, 0.1) is 5.82 Å². The van der Waals surface area contributed by atoms with Crippen molar-refractivity contribution < 1.29 is 14.2 Å². The first-order valence-corrected chi connectivity index (χ1v) is 6.70. The van der Waals surface area contributed by atoms with E-state index in [4.69, 9.17) is 4.74 Å². The number of aliphatic hydroxyl groups excluding tert-OH is 1. The van der Waals surface area contributed by atoms with Crippen molar-refractivity contribution in [3.05, 3.63) is 63.9 Å². The van der Waals surface area contributed by atoms with E-state index >= 15 is 0 Å². The van der Waals surface area contributed by atoms with Crippen LogP contribution in [-0.2, 0) is 6.61 Å². The van der Waals surface area contributed by atoms with Crippen LogP contribution in [0.4, 0.5) is 4.39 Å².